The molecule has 0 unspecified atom stereocenters. The monoisotopic (exact) mass is 303 g/mol. The quantitative estimate of drug-likeness (QED) is 0.323. The van der Waals surface area contributed by atoms with Crippen LogP contribution >= 0.6 is 0 Å². The molecule has 1 aromatic rings. The summed E-state index contributed by atoms with van der Waals surface area (Å²) in [7, 11) is 0. The number of H-pyrrole nitrogens is 1. The van der Waals surface area contributed by atoms with Crippen molar-refractivity contribution in [2.45, 2.75) is 96.8 Å². The molecule has 1 N–H and O–H groups in total. The molecule has 22 heavy (non-hydrogen) atoms. The largest absolute Gasteiger partial charge is 0.362 e. The summed E-state index contributed by atoms with van der Waals surface area (Å²) < 4.78 is 0. The van der Waals surface area contributed by atoms with Crippen LogP contribution in [0, 0.1) is 0 Å². The van der Waals surface area contributed by atoms with Gasteiger partial charge in [-0.3, -0.25) is 0 Å². The minimum Gasteiger partial charge on any atom is -0.362 e. The summed E-state index contributed by atoms with van der Waals surface area (Å²) in [6.07, 6.45) is 26.3. The molecule has 1 aromatic heterocycles. The SMILES string of the molecule is CCCCCCCCCCCCCCC/C=C/c1ccc[nH]1. The highest BCUT2D eigenvalue weighted by atomic mass is 14.7. The lowest BCUT2D eigenvalue weighted by molar-refractivity contribution is 0.540. The van der Waals surface area contributed by atoms with E-state index in [9.17, 15) is 0 Å². The minimum absolute atomic E-state index is 1.22. The van der Waals surface area contributed by atoms with Gasteiger partial charge in [0.1, 0.15) is 0 Å². The van der Waals surface area contributed by atoms with E-state index < -0.39 is 0 Å². The summed E-state index contributed by atoms with van der Waals surface area (Å²) in [6, 6.07) is 4.16. The van der Waals surface area contributed by atoms with Gasteiger partial charge in [-0.25, -0.2) is 0 Å². The zero-order valence-electron chi connectivity index (χ0n) is 14.8. The van der Waals surface area contributed by atoms with Crippen molar-refractivity contribution < 1.29 is 0 Å². The fourth-order valence-corrected chi connectivity index (χ4v) is 2.94. The molecule has 126 valence electrons. The van der Waals surface area contributed by atoms with E-state index in [1.807, 2.05) is 12.3 Å². The predicted molar refractivity (Wildman–Crippen MR) is 100 cm³/mol. The Morgan fingerprint density at radius 3 is 1.82 bits per heavy atom. The molecular weight excluding hydrogens is 266 g/mol. The van der Waals surface area contributed by atoms with E-state index in [1.54, 1.807) is 0 Å². The van der Waals surface area contributed by atoms with Gasteiger partial charge in [-0.15, -0.1) is 0 Å². The zero-order valence-corrected chi connectivity index (χ0v) is 14.8. The first kappa shape index (κ1) is 19.1. The summed E-state index contributed by atoms with van der Waals surface area (Å²) in [5.74, 6) is 0. The van der Waals surface area contributed by atoms with Gasteiger partial charge in [-0.2, -0.15) is 0 Å². The summed E-state index contributed by atoms with van der Waals surface area (Å²) >= 11 is 0. The van der Waals surface area contributed by atoms with Gasteiger partial charge in [0.25, 0.3) is 0 Å². The molecule has 0 atom stereocenters. The lowest BCUT2D eigenvalue weighted by atomic mass is 10.0. The Morgan fingerprint density at radius 2 is 1.32 bits per heavy atom. The second-order valence-corrected chi connectivity index (χ2v) is 6.56. The number of hydrogen-bond acceptors (Lipinski definition) is 0. The Balaban J connectivity index is 1.73. The number of rotatable bonds is 15. The van der Waals surface area contributed by atoms with Gasteiger partial charge in [0.2, 0.25) is 0 Å². The van der Waals surface area contributed by atoms with Crippen LogP contribution in [0.3, 0.4) is 0 Å². The van der Waals surface area contributed by atoms with Gasteiger partial charge in [-0.05, 0) is 31.1 Å². The number of nitrogens with one attached hydrogen (secondary N) is 1. The smallest absolute Gasteiger partial charge is 0.0377 e. The maximum absolute atomic E-state index is 3.20. The van der Waals surface area contributed by atoms with E-state index in [0.717, 1.165) is 0 Å². The molecule has 0 aromatic carbocycles. The first-order chi connectivity index (χ1) is 10.9. The van der Waals surface area contributed by atoms with Crippen molar-refractivity contribution in [1.29, 1.82) is 0 Å². The van der Waals surface area contributed by atoms with Crippen molar-refractivity contribution in [1.82, 2.24) is 4.98 Å². The third-order valence-electron chi connectivity index (χ3n) is 4.39. The molecule has 0 aliphatic carbocycles. The molecule has 1 nitrogen and oxygen atoms in total. The molecule has 0 fully saturated rings. The second kappa shape index (κ2) is 14.9. The van der Waals surface area contributed by atoms with Crippen LogP contribution in [-0.4, -0.2) is 4.98 Å². The van der Waals surface area contributed by atoms with Crippen molar-refractivity contribution in [3.8, 4) is 0 Å². The highest BCUT2D eigenvalue weighted by molar-refractivity contribution is 5.43. The standard InChI is InChI=1S/C21H37N/c1-2-3-4-5-6-7-8-9-10-11-12-13-14-15-16-18-21-19-17-20-22-21/h16-20,22H,2-15H2,1H3/b18-16+. The van der Waals surface area contributed by atoms with Gasteiger partial charge in [0.05, 0.1) is 0 Å². The van der Waals surface area contributed by atoms with Crippen molar-refractivity contribution in [2.75, 3.05) is 0 Å². The third kappa shape index (κ3) is 11.7. The van der Waals surface area contributed by atoms with Crippen LogP contribution in [0.15, 0.2) is 24.4 Å². The first-order valence-electron chi connectivity index (χ1n) is 9.73. The normalized spacial score (nSPS) is 11.5. The van der Waals surface area contributed by atoms with Crippen LogP contribution in [0.2, 0.25) is 0 Å². The Labute approximate surface area is 138 Å². The molecule has 1 rings (SSSR count). The molecule has 1 heterocycles. The molecular formula is C21H37N. The topological polar surface area (TPSA) is 15.8 Å². The van der Waals surface area contributed by atoms with E-state index in [-0.39, 0.29) is 0 Å². The van der Waals surface area contributed by atoms with Crippen LogP contribution in [0.5, 0.6) is 0 Å². The van der Waals surface area contributed by atoms with E-state index in [0.29, 0.717) is 0 Å². The number of aromatic amines is 1. The Morgan fingerprint density at radius 1 is 0.773 bits per heavy atom. The van der Waals surface area contributed by atoms with Crippen LogP contribution in [0.25, 0.3) is 6.08 Å². The minimum atomic E-state index is 1.22. The number of allylic oxidation sites excluding steroid dienone is 1. The van der Waals surface area contributed by atoms with E-state index in [4.69, 9.17) is 0 Å². The van der Waals surface area contributed by atoms with Gasteiger partial charge < -0.3 is 4.98 Å². The lowest BCUT2D eigenvalue weighted by Gasteiger charge is -2.02. The molecule has 0 saturated heterocycles. The van der Waals surface area contributed by atoms with Crippen molar-refractivity contribution in [3.63, 3.8) is 0 Å². The molecule has 0 amide bonds. The van der Waals surface area contributed by atoms with Gasteiger partial charge in [0, 0.05) is 11.9 Å². The molecule has 0 aliphatic heterocycles. The third-order valence-corrected chi connectivity index (χ3v) is 4.39. The number of hydrogen-bond donors (Lipinski definition) is 1. The van der Waals surface area contributed by atoms with Crippen molar-refractivity contribution >= 4 is 6.08 Å². The van der Waals surface area contributed by atoms with Gasteiger partial charge in [-0.1, -0.05) is 90.0 Å². The molecule has 0 spiro atoms. The van der Waals surface area contributed by atoms with E-state index >= 15 is 0 Å². The maximum Gasteiger partial charge on any atom is 0.0377 e. The molecule has 1 heteroatoms. The molecule has 0 radical (unpaired) electrons. The Bertz CT molecular complexity index is 337. The first-order valence-corrected chi connectivity index (χ1v) is 9.73. The number of unbranched alkanes of at least 4 members (excludes halogenated alkanes) is 13. The average molecular weight is 304 g/mol. The van der Waals surface area contributed by atoms with Crippen LogP contribution < -0.4 is 0 Å². The van der Waals surface area contributed by atoms with E-state index in [2.05, 4.69) is 30.1 Å². The molecule has 0 bridgehead atoms. The maximum atomic E-state index is 3.20. The van der Waals surface area contributed by atoms with Crippen molar-refractivity contribution in [2.24, 2.45) is 0 Å². The van der Waals surface area contributed by atoms with Crippen LogP contribution in [0.1, 0.15) is 103 Å². The predicted octanol–water partition coefficient (Wildman–Crippen LogP) is 7.51. The highest BCUT2D eigenvalue weighted by Gasteiger charge is 1.93. The molecule has 0 saturated carbocycles. The average Bonchev–Trinajstić information content (AvgIpc) is 3.04. The lowest BCUT2D eigenvalue weighted by Crippen LogP contribution is -1.82. The van der Waals surface area contributed by atoms with Crippen LogP contribution in [-0.2, 0) is 0 Å². The Kier molecular flexibility index (Phi) is 12.9. The van der Waals surface area contributed by atoms with Gasteiger partial charge in [0.15, 0.2) is 0 Å². The fourth-order valence-electron chi connectivity index (χ4n) is 2.94. The summed E-state index contributed by atoms with van der Waals surface area (Å²) in [6.45, 7) is 2.29. The summed E-state index contributed by atoms with van der Waals surface area (Å²) in [4.78, 5) is 3.20. The number of aromatic nitrogens is 1. The summed E-state index contributed by atoms with van der Waals surface area (Å²) in [5.41, 5.74) is 1.22. The summed E-state index contributed by atoms with van der Waals surface area (Å²) in [5, 5.41) is 0. The fraction of sp³-hybridized carbons (Fsp3) is 0.714. The Hall–Kier alpha value is -0.980. The second-order valence-electron chi connectivity index (χ2n) is 6.56. The van der Waals surface area contributed by atoms with E-state index in [1.165, 1.54) is 95.6 Å². The highest BCUT2D eigenvalue weighted by Crippen LogP contribution is 2.13. The zero-order chi connectivity index (χ0) is 15.7. The van der Waals surface area contributed by atoms with Gasteiger partial charge >= 0.3 is 0 Å². The van der Waals surface area contributed by atoms with Crippen molar-refractivity contribution in [3.05, 3.63) is 30.1 Å². The molecule has 0 aliphatic rings. The van der Waals surface area contributed by atoms with Crippen LogP contribution in [0.4, 0.5) is 0 Å².